The first-order valence-electron chi connectivity index (χ1n) is 13.5. The van der Waals surface area contributed by atoms with Crippen LogP contribution in [0.3, 0.4) is 0 Å². The van der Waals surface area contributed by atoms with Gasteiger partial charge in [-0.2, -0.15) is 0 Å². The molecule has 0 aromatic carbocycles. The number of rotatable bonds is 20. The number of β-amino-alcohol motifs (C(OH)–C–C–N with tert-alkyl or cyclic N) is 1. The smallest absolute Gasteiger partial charge is 0.116 e. The molecule has 1 heterocycles. The second-order valence-corrected chi connectivity index (χ2v) is 10.6. The molecule has 1 aliphatic rings. The van der Waals surface area contributed by atoms with Gasteiger partial charge in [-0.25, -0.2) is 0 Å². The quantitative estimate of drug-likeness (QED) is 0.109. The second-order valence-electron chi connectivity index (χ2n) is 9.72. The molecule has 31 heavy (non-hydrogen) atoms. The maximum atomic E-state index is 9.49. The number of halogens is 2. The fourth-order valence-electron chi connectivity index (χ4n) is 5.15. The minimum absolute atomic E-state index is 0.134. The summed E-state index contributed by atoms with van der Waals surface area (Å²) in [5.41, 5.74) is -0.388. The predicted molar refractivity (Wildman–Crippen MR) is 138 cm³/mol. The van der Waals surface area contributed by atoms with Gasteiger partial charge in [0, 0.05) is 13.1 Å². The van der Waals surface area contributed by atoms with E-state index in [-0.39, 0.29) is 23.8 Å². The Balaban J connectivity index is 2.13. The van der Waals surface area contributed by atoms with Crippen LogP contribution in [-0.2, 0) is 0 Å². The van der Waals surface area contributed by atoms with Crippen molar-refractivity contribution < 1.29 is 5.11 Å². The summed E-state index contributed by atoms with van der Waals surface area (Å²) >= 11 is 13.2. The number of nitrogens with zero attached hydrogens (tertiary/aromatic N) is 2. The number of aliphatic hydroxyl groups is 1. The van der Waals surface area contributed by atoms with Gasteiger partial charge in [-0.05, 0) is 18.8 Å². The first-order valence-corrected chi connectivity index (χ1v) is 14.4. The number of hydrogen-bond donors (Lipinski definition) is 1. The molecule has 1 fully saturated rings. The Morgan fingerprint density at radius 3 is 1.48 bits per heavy atom. The summed E-state index contributed by atoms with van der Waals surface area (Å²) < 4.78 is 0. The SMILES string of the molecule is CCCCCCCCCCCCCCCCC(C)C1N(CCC)C(Cl)C(Cl)N1CCO. The molecule has 186 valence electrons. The summed E-state index contributed by atoms with van der Waals surface area (Å²) in [6, 6.07) is 0. The molecule has 0 aromatic heterocycles. The van der Waals surface area contributed by atoms with E-state index in [9.17, 15) is 5.11 Å². The summed E-state index contributed by atoms with van der Waals surface area (Å²) in [6.07, 6.45) is 22.1. The highest BCUT2D eigenvalue weighted by molar-refractivity contribution is 6.29. The van der Waals surface area contributed by atoms with Gasteiger partial charge in [-0.3, -0.25) is 9.80 Å². The average Bonchev–Trinajstić information content (AvgIpc) is 2.99. The van der Waals surface area contributed by atoms with Crippen molar-refractivity contribution in [1.29, 1.82) is 0 Å². The summed E-state index contributed by atoms with van der Waals surface area (Å²) in [6.45, 7) is 8.51. The van der Waals surface area contributed by atoms with E-state index in [2.05, 4.69) is 30.6 Å². The summed E-state index contributed by atoms with van der Waals surface area (Å²) in [5, 5.41) is 9.49. The van der Waals surface area contributed by atoms with Gasteiger partial charge in [0.15, 0.2) is 0 Å². The molecule has 0 saturated carbocycles. The first kappa shape index (κ1) is 29.5. The third kappa shape index (κ3) is 11.4. The van der Waals surface area contributed by atoms with Gasteiger partial charge in [0.2, 0.25) is 0 Å². The van der Waals surface area contributed by atoms with Crippen LogP contribution in [0.2, 0.25) is 0 Å². The fourth-order valence-corrected chi connectivity index (χ4v) is 5.86. The maximum Gasteiger partial charge on any atom is 0.116 e. The van der Waals surface area contributed by atoms with Crippen molar-refractivity contribution in [3.05, 3.63) is 0 Å². The lowest BCUT2D eigenvalue weighted by Gasteiger charge is -2.35. The number of hydrogen-bond acceptors (Lipinski definition) is 3. The van der Waals surface area contributed by atoms with Crippen LogP contribution in [0.25, 0.3) is 0 Å². The number of unbranched alkanes of at least 4 members (excludes halogenated alkanes) is 13. The lowest BCUT2D eigenvalue weighted by molar-refractivity contribution is 0.0612. The minimum Gasteiger partial charge on any atom is -0.395 e. The van der Waals surface area contributed by atoms with E-state index in [1.54, 1.807) is 0 Å². The monoisotopic (exact) mass is 478 g/mol. The van der Waals surface area contributed by atoms with E-state index in [0.717, 1.165) is 13.0 Å². The Morgan fingerprint density at radius 2 is 1.06 bits per heavy atom. The van der Waals surface area contributed by atoms with Crippen LogP contribution in [0.5, 0.6) is 0 Å². The van der Waals surface area contributed by atoms with Gasteiger partial charge < -0.3 is 5.11 Å². The van der Waals surface area contributed by atoms with Gasteiger partial charge in [0.1, 0.15) is 11.0 Å². The van der Waals surface area contributed by atoms with Gasteiger partial charge in [0.05, 0.1) is 12.8 Å². The topological polar surface area (TPSA) is 26.7 Å². The van der Waals surface area contributed by atoms with Crippen LogP contribution in [0, 0.1) is 5.92 Å². The summed E-state index contributed by atoms with van der Waals surface area (Å²) in [7, 11) is 0. The lowest BCUT2D eigenvalue weighted by atomic mass is 9.97. The Bertz CT molecular complexity index is 395. The zero-order valence-electron chi connectivity index (χ0n) is 20.8. The van der Waals surface area contributed by atoms with Crippen molar-refractivity contribution in [2.45, 2.75) is 141 Å². The van der Waals surface area contributed by atoms with E-state index >= 15 is 0 Å². The van der Waals surface area contributed by atoms with Gasteiger partial charge in [-0.1, -0.05) is 111 Å². The van der Waals surface area contributed by atoms with Gasteiger partial charge in [0.25, 0.3) is 0 Å². The zero-order valence-corrected chi connectivity index (χ0v) is 22.4. The normalized spacial score (nSPS) is 23.6. The van der Waals surface area contributed by atoms with Crippen molar-refractivity contribution in [1.82, 2.24) is 9.80 Å². The molecular formula is C26H52Cl2N2O. The van der Waals surface area contributed by atoms with E-state index in [1.165, 1.54) is 96.3 Å². The minimum atomic E-state index is -0.218. The molecule has 1 saturated heterocycles. The number of aliphatic hydroxyl groups excluding tert-OH is 1. The van der Waals surface area contributed by atoms with Crippen molar-refractivity contribution in [2.24, 2.45) is 5.92 Å². The van der Waals surface area contributed by atoms with E-state index in [0.29, 0.717) is 12.5 Å². The van der Waals surface area contributed by atoms with E-state index in [1.807, 2.05) is 0 Å². The highest BCUT2D eigenvalue weighted by atomic mass is 35.5. The van der Waals surface area contributed by atoms with Gasteiger partial charge in [-0.15, -0.1) is 23.2 Å². The Labute approximate surface area is 204 Å². The van der Waals surface area contributed by atoms with Gasteiger partial charge >= 0.3 is 0 Å². The largest absolute Gasteiger partial charge is 0.395 e. The molecular weight excluding hydrogens is 427 g/mol. The molecule has 4 atom stereocenters. The molecule has 0 radical (unpaired) electrons. The standard InChI is InChI=1S/C26H52Cl2N2O/c1-4-6-7-8-9-10-11-12-13-14-15-16-17-18-19-23(3)26-29(20-5-2)24(27)25(28)30(26)21-22-31/h23-26,31H,4-22H2,1-3H3. The van der Waals surface area contributed by atoms with Crippen molar-refractivity contribution in [3.8, 4) is 0 Å². The highest BCUT2D eigenvalue weighted by Crippen LogP contribution is 2.36. The van der Waals surface area contributed by atoms with Crippen molar-refractivity contribution in [2.75, 3.05) is 19.7 Å². The maximum absolute atomic E-state index is 9.49. The summed E-state index contributed by atoms with van der Waals surface area (Å²) in [5.74, 6) is 0.514. The van der Waals surface area contributed by atoms with Crippen LogP contribution in [0.1, 0.15) is 124 Å². The average molecular weight is 480 g/mol. The third-order valence-corrected chi connectivity index (χ3v) is 8.01. The number of alkyl halides is 2. The third-order valence-electron chi connectivity index (χ3n) is 6.90. The molecule has 4 unspecified atom stereocenters. The Hall–Kier alpha value is 0.460. The fraction of sp³-hybridized carbons (Fsp3) is 1.00. The molecule has 0 spiro atoms. The van der Waals surface area contributed by atoms with Crippen LogP contribution >= 0.6 is 23.2 Å². The van der Waals surface area contributed by atoms with Crippen molar-refractivity contribution >= 4 is 23.2 Å². The van der Waals surface area contributed by atoms with Crippen LogP contribution in [-0.4, -0.2) is 51.8 Å². The molecule has 0 bridgehead atoms. The molecule has 3 nitrogen and oxygen atoms in total. The lowest BCUT2D eigenvalue weighted by Crippen LogP contribution is -2.46. The molecule has 0 aliphatic carbocycles. The molecule has 5 heteroatoms. The van der Waals surface area contributed by atoms with E-state index < -0.39 is 0 Å². The Morgan fingerprint density at radius 1 is 0.645 bits per heavy atom. The summed E-state index contributed by atoms with van der Waals surface area (Å²) in [4.78, 5) is 4.56. The molecule has 1 N–H and O–H groups in total. The zero-order chi connectivity index (χ0) is 22.9. The molecule has 1 rings (SSSR count). The highest BCUT2D eigenvalue weighted by Gasteiger charge is 2.46. The van der Waals surface area contributed by atoms with Crippen LogP contribution in [0.4, 0.5) is 0 Å². The molecule has 0 aromatic rings. The van der Waals surface area contributed by atoms with Crippen LogP contribution in [0.15, 0.2) is 0 Å². The Kier molecular flexibility index (Phi) is 17.9. The van der Waals surface area contributed by atoms with E-state index in [4.69, 9.17) is 23.2 Å². The molecule has 1 aliphatic heterocycles. The van der Waals surface area contributed by atoms with Crippen molar-refractivity contribution in [3.63, 3.8) is 0 Å². The second kappa shape index (κ2) is 18.8. The first-order chi connectivity index (χ1) is 15.1. The predicted octanol–water partition coefficient (Wildman–Crippen LogP) is 7.97. The van der Waals surface area contributed by atoms with Crippen LogP contribution < -0.4 is 0 Å². The molecule has 0 amide bonds.